The first-order valence-corrected chi connectivity index (χ1v) is 8.09. The van der Waals surface area contributed by atoms with Crippen molar-refractivity contribution in [1.29, 1.82) is 0 Å². The lowest BCUT2D eigenvalue weighted by Crippen LogP contribution is -2.51. The highest BCUT2D eigenvalue weighted by Crippen LogP contribution is 2.34. The number of ketones is 1. The molecule has 0 saturated heterocycles. The molecule has 0 bridgehead atoms. The molecule has 1 aliphatic rings. The monoisotopic (exact) mass is 267 g/mol. The molecular weight excluding hydrogens is 234 g/mol. The molecule has 0 aromatic carbocycles. The minimum Gasteiger partial charge on any atom is -0.298 e. The lowest BCUT2D eigenvalue weighted by Gasteiger charge is -2.38. The third kappa shape index (κ3) is 4.59. The molecule has 2 nitrogen and oxygen atoms in total. The van der Waals surface area contributed by atoms with Gasteiger partial charge in [0, 0.05) is 6.42 Å². The Morgan fingerprint density at radius 1 is 1.05 bits per heavy atom. The van der Waals surface area contributed by atoms with Crippen molar-refractivity contribution < 1.29 is 4.79 Å². The zero-order chi connectivity index (χ0) is 14.5. The number of carbonyl (C=O) groups excluding carboxylic acids is 1. The van der Waals surface area contributed by atoms with Gasteiger partial charge in [-0.25, -0.2) is 0 Å². The van der Waals surface area contributed by atoms with Gasteiger partial charge in [-0.15, -0.1) is 0 Å². The van der Waals surface area contributed by atoms with Crippen molar-refractivity contribution in [3.8, 4) is 0 Å². The summed E-state index contributed by atoms with van der Waals surface area (Å²) in [7, 11) is 4.19. The van der Waals surface area contributed by atoms with E-state index in [1.807, 2.05) is 0 Å². The van der Waals surface area contributed by atoms with Gasteiger partial charge in [-0.05, 0) is 45.2 Å². The Kier molecular flexibility index (Phi) is 6.52. The van der Waals surface area contributed by atoms with Gasteiger partial charge in [0.15, 0.2) is 5.78 Å². The number of nitrogens with zero attached hydrogens (tertiary/aromatic N) is 1. The first-order valence-electron chi connectivity index (χ1n) is 8.09. The summed E-state index contributed by atoms with van der Waals surface area (Å²) in [6.07, 6.45) is 9.06. The third-order valence-corrected chi connectivity index (χ3v) is 4.71. The Hall–Kier alpha value is -0.370. The van der Waals surface area contributed by atoms with E-state index in [1.165, 1.54) is 25.7 Å². The number of likely N-dealkylation sites (N-methyl/N-ethyl adjacent to an activating group) is 1. The molecular formula is C17H33NO. The molecule has 0 N–H and O–H groups in total. The molecule has 112 valence electrons. The van der Waals surface area contributed by atoms with Gasteiger partial charge >= 0.3 is 0 Å². The Morgan fingerprint density at radius 3 is 2.00 bits per heavy atom. The van der Waals surface area contributed by atoms with Crippen LogP contribution in [0.5, 0.6) is 0 Å². The first-order chi connectivity index (χ1) is 8.88. The smallest absolute Gasteiger partial charge is 0.153 e. The lowest BCUT2D eigenvalue weighted by molar-refractivity contribution is -0.131. The van der Waals surface area contributed by atoms with E-state index in [2.05, 4.69) is 39.8 Å². The Balaban J connectivity index is 2.72. The van der Waals surface area contributed by atoms with Crippen LogP contribution in [-0.2, 0) is 4.79 Å². The molecule has 0 amide bonds. The highest BCUT2D eigenvalue weighted by Gasteiger charge is 2.40. The van der Waals surface area contributed by atoms with Crippen LogP contribution in [0, 0.1) is 11.8 Å². The number of hydrogen-bond donors (Lipinski definition) is 0. The summed E-state index contributed by atoms with van der Waals surface area (Å²) in [5.74, 6) is 1.70. The van der Waals surface area contributed by atoms with Crippen LogP contribution in [0.1, 0.15) is 72.1 Å². The van der Waals surface area contributed by atoms with Gasteiger partial charge in [-0.2, -0.15) is 0 Å². The van der Waals surface area contributed by atoms with Crippen LogP contribution in [0.15, 0.2) is 0 Å². The van der Waals surface area contributed by atoms with Gasteiger partial charge in [0.25, 0.3) is 0 Å². The molecule has 0 aromatic rings. The van der Waals surface area contributed by atoms with Crippen LogP contribution in [0.25, 0.3) is 0 Å². The summed E-state index contributed by atoms with van der Waals surface area (Å²) >= 11 is 0. The van der Waals surface area contributed by atoms with Crippen molar-refractivity contribution in [3.63, 3.8) is 0 Å². The molecule has 1 fully saturated rings. The van der Waals surface area contributed by atoms with Crippen molar-refractivity contribution in [2.45, 2.75) is 77.7 Å². The molecule has 0 aliphatic heterocycles. The topological polar surface area (TPSA) is 20.3 Å². The first kappa shape index (κ1) is 16.7. The fourth-order valence-corrected chi connectivity index (χ4v) is 3.68. The standard InChI is InChI=1S/C17H33NO/c1-14(2)12-15(3)13-16(19)17(18(4)5)10-8-6-7-9-11-17/h14-15H,6-13H2,1-5H3. The maximum absolute atomic E-state index is 12.9. The Bertz CT molecular complexity index is 275. The minimum atomic E-state index is -0.165. The SMILES string of the molecule is CC(C)CC(C)CC(=O)C1(N(C)C)CCCCCC1. The molecule has 0 spiro atoms. The van der Waals surface area contributed by atoms with E-state index in [1.54, 1.807) is 0 Å². The lowest BCUT2D eigenvalue weighted by atomic mass is 9.79. The van der Waals surface area contributed by atoms with E-state index in [0.29, 0.717) is 17.6 Å². The van der Waals surface area contributed by atoms with Gasteiger partial charge in [0.05, 0.1) is 5.54 Å². The van der Waals surface area contributed by atoms with Crippen molar-refractivity contribution in [3.05, 3.63) is 0 Å². The van der Waals surface area contributed by atoms with Crippen molar-refractivity contribution in [2.75, 3.05) is 14.1 Å². The summed E-state index contributed by atoms with van der Waals surface area (Å²) in [4.78, 5) is 15.1. The predicted octanol–water partition coefficient (Wildman–Crippen LogP) is 4.28. The zero-order valence-electron chi connectivity index (χ0n) is 13.7. The highest BCUT2D eigenvalue weighted by molar-refractivity contribution is 5.88. The van der Waals surface area contributed by atoms with Crippen LogP contribution in [0.4, 0.5) is 0 Å². The molecule has 1 unspecified atom stereocenters. The number of Topliss-reactive ketones (excluding diaryl/α,β-unsaturated/α-hetero) is 1. The van der Waals surface area contributed by atoms with E-state index in [4.69, 9.17) is 0 Å². The average Bonchev–Trinajstić information content (AvgIpc) is 2.53. The van der Waals surface area contributed by atoms with E-state index < -0.39 is 0 Å². The molecule has 2 heteroatoms. The van der Waals surface area contributed by atoms with Crippen molar-refractivity contribution in [2.24, 2.45) is 11.8 Å². The summed E-state index contributed by atoms with van der Waals surface area (Å²) in [5.41, 5.74) is -0.165. The summed E-state index contributed by atoms with van der Waals surface area (Å²) in [6, 6.07) is 0. The fraction of sp³-hybridized carbons (Fsp3) is 0.941. The quantitative estimate of drug-likeness (QED) is 0.669. The van der Waals surface area contributed by atoms with E-state index in [0.717, 1.165) is 25.7 Å². The second kappa shape index (κ2) is 7.42. The number of hydrogen-bond acceptors (Lipinski definition) is 2. The van der Waals surface area contributed by atoms with Crippen LogP contribution in [0.2, 0.25) is 0 Å². The molecule has 19 heavy (non-hydrogen) atoms. The molecule has 1 rings (SSSR count). The third-order valence-electron chi connectivity index (χ3n) is 4.71. The van der Waals surface area contributed by atoms with Gasteiger partial charge in [-0.3, -0.25) is 9.69 Å². The largest absolute Gasteiger partial charge is 0.298 e. The molecule has 0 aromatic heterocycles. The molecule has 0 radical (unpaired) electrons. The molecule has 1 aliphatic carbocycles. The number of carbonyl (C=O) groups is 1. The maximum atomic E-state index is 12.9. The average molecular weight is 267 g/mol. The van der Waals surface area contributed by atoms with Gasteiger partial charge in [-0.1, -0.05) is 46.5 Å². The summed E-state index contributed by atoms with van der Waals surface area (Å²) in [6.45, 7) is 6.72. The normalized spacial score (nSPS) is 21.4. The Labute approximate surface area is 119 Å². The summed E-state index contributed by atoms with van der Waals surface area (Å²) in [5, 5.41) is 0. The van der Waals surface area contributed by atoms with Gasteiger partial charge in [0.1, 0.15) is 0 Å². The van der Waals surface area contributed by atoms with E-state index >= 15 is 0 Å². The van der Waals surface area contributed by atoms with Gasteiger partial charge in [0.2, 0.25) is 0 Å². The summed E-state index contributed by atoms with van der Waals surface area (Å²) < 4.78 is 0. The number of rotatable bonds is 6. The van der Waals surface area contributed by atoms with Crippen LogP contribution in [0.3, 0.4) is 0 Å². The maximum Gasteiger partial charge on any atom is 0.153 e. The predicted molar refractivity (Wildman–Crippen MR) is 82.4 cm³/mol. The fourth-order valence-electron chi connectivity index (χ4n) is 3.68. The van der Waals surface area contributed by atoms with E-state index in [-0.39, 0.29) is 5.54 Å². The van der Waals surface area contributed by atoms with Crippen molar-refractivity contribution >= 4 is 5.78 Å². The second-order valence-corrected chi connectivity index (χ2v) is 7.20. The van der Waals surface area contributed by atoms with Gasteiger partial charge < -0.3 is 0 Å². The molecule has 0 heterocycles. The molecule has 1 atom stereocenters. The van der Waals surface area contributed by atoms with Crippen LogP contribution >= 0.6 is 0 Å². The van der Waals surface area contributed by atoms with Crippen LogP contribution < -0.4 is 0 Å². The van der Waals surface area contributed by atoms with E-state index in [9.17, 15) is 4.79 Å². The highest BCUT2D eigenvalue weighted by atomic mass is 16.1. The second-order valence-electron chi connectivity index (χ2n) is 7.20. The van der Waals surface area contributed by atoms with Crippen LogP contribution in [-0.4, -0.2) is 30.3 Å². The minimum absolute atomic E-state index is 0.165. The molecule has 1 saturated carbocycles. The van der Waals surface area contributed by atoms with Crippen molar-refractivity contribution in [1.82, 2.24) is 4.90 Å². The Morgan fingerprint density at radius 2 is 1.58 bits per heavy atom. The zero-order valence-corrected chi connectivity index (χ0v) is 13.7.